The van der Waals surface area contributed by atoms with Crippen LogP contribution in [-0.4, -0.2) is 0 Å². The maximum absolute atomic E-state index is 8.71. The molecule has 0 saturated heterocycles. The number of benzene rings is 2. The van der Waals surface area contributed by atoms with Crippen LogP contribution in [0.2, 0.25) is 5.02 Å². The second-order valence-electron chi connectivity index (χ2n) is 3.79. The molecule has 0 aliphatic rings. The molecule has 0 heterocycles. The van der Waals surface area contributed by atoms with Crippen LogP contribution in [0, 0.1) is 18.4 Å². The Kier molecular flexibility index (Phi) is 4.14. The van der Waals surface area contributed by atoms with E-state index in [2.05, 4.69) is 36.5 Å². The highest BCUT2D eigenvalue weighted by molar-refractivity contribution is 7.99. The van der Waals surface area contributed by atoms with Crippen LogP contribution in [0.3, 0.4) is 0 Å². The van der Waals surface area contributed by atoms with E-state index in [1.807, 2.05) is 18.3 Å². The highest BCUT2D eigenvalue weighted by atomic mass is 35.5. The lowest BCUT2D eigenvalue weighted by atomic mass is 10.2. The Morgan fingerprint density at radius 2 is 1.89 bits per heavy atom. The number of aryl methyl sites for hydroxylation is 1. The molecule has 0 spiro atoms. The summed E-state index contributed by atoms with van der Waals surface area (Å²) in [6.07, 6.45) is 1.93. The number of anilines is 1. The summed E-state index contributed by atoms with van der Waals surface area (Å²) in [5.41, 5.74) is 1.99. The molecule has 0 amide bonds. The summed E-state index contributed by atoms with van der Waals surface area (Å²) in [6.45, 7) is 2.05. The second kappa shape index (κ2) is 5.81. The molecule has 0 unspecified atom stereocenters. The highest BCUT2D eigenvalue weighted by Gasteiger charge is 2.05. The van der Waals surface area contributed by atoms with Crippen molar-refractivity contribution in [2.45, 2.75) is 16.7 Å². The average Bonchev–Trinajstić information content (AvgIpc) is 2.36. The first-order valence-corrected chi connectivity index (χ1v) is 6.57. The fourth-order valence-corrected chi connectivity index (χ4v) is 2.66. The van der Waals surface area contributed by atoms with Gasteiger partial charge in [0.2, 0.25) is 0 Å². The summed E-state index contributed by atoms with van der Waals surface area (Å²) in [7, 11) is 0. The third-order valence-corrected chi connectivity index (χ3v) is 3.68. The van der Waals surface area contributed by atoms with Crippen LogP contribution in [0.4, 0.5) is 5.69 Å². The third-order valence-electron chi connectivity index (χ3n) is 2.38. The van der Waals surface area contributed by atoms with E-state index in [4.69, 9.17) is 16.9 Å². The molecule has 2 rings (SSSR count). The monoisotopic (exact) mass is 274 g/mol. The third kappa shape index (κ3) is 3.19. The van der Waals surface area contributed by atoms with Crippen LogP contribution in [0.5, 0.6) is 0 Å². The van der Waals surface area contributed by atoms with Crippen molar-refractivity contribution in [2.75, 3.05) is 5.32 Å². The molecule has 0 saturated carbocycles. The van der Waals surface area contributed by atoms with Crippen LogP contribution < -0.4 is 5.32 Å². The minimum Gasteiger partial charge on any atom is -0.292 e. The number of nitrogens with one attached hydrogen (secondary N) is 1. The molecule has 0 aromatic heterocycles. The summed E-state index contributed by atoms with van der Waals surface area (Å²) in [6, 6.07) is 13.6. The number of nitrogens with zero attached hydrogens (tertiary/aromatic N) is 1. The van der Waals surface area contributed by atoms with Crippen LogP contribution in [0.25, 0.3) is 0 Å². The Morgan fingerprint density at radius 3 is 2.56 bits per heavy atom. The van der Waals surface area contributed by atoms with E-state index in [-0.39, 0.29) is 0 Å². The number of hydrogen-bond acceptors (Lipinski definition) is 3. The van der Waals surface area contributed by atoms with E-state index >= 15 is 0 Å². The van der Waals surface area contributed by atoms with Gasteiger partial charge in [0, 0.05) is 14.8 Å². The topological polar surface area (TPSA) is 35.8 Å². The van der Waals surface area contributed by atoms with Crippen molar-refractivity contribution < 1.29 is 0 Å². The van der Waals surface area contributed by atoms with Gasteiger partial charge in [0.25, 0.3) is 0 Å². The van der Waals surface area contributed by atoms with Gasteiger partial charge >= 0.3 is 0 Å². The molecule has 2 aromatic carbocycles. The first-order chi connectivity index (χ1) is 8.69. The van der Waals surface area contributed by atoms with E-state index in [0.717, 1.165) is 15.5 Å². The lowest BCUT2D eigenvalue weighted by Gasteiger charge is -2.08. The standard InChI is InChI=1S/C14H11ClN2S/c1-10-2-5-12(6-3-10)18-14-8-11(15)4-7-13(14)17-9-16/h2-8,17H,1H3. The summed E-state index contributed by atoms with van der Waals surface area (Å²) in [4.78, 5) is 2.05. The zero-order valence-electron chi connectivity index (χ0n) is 9.77. The number of nitriles is 1. The Hall–Kier alpha value is -1.63. The zero-order valence-corrected chi connectivity index (χ0v) is 11.3. The van der Waals surface area contributed by atoms with Crippen molar-refractivity contribution >= 4 is 29.1 Å². The van der Waals surface area contributed by atoms with Gasteiger partial charge in [-0.2, -0.15) is 5.26 Å². The Bertz CT molecular complexity index is 588. The molecule has 0 aliphatic carbocycles. The first-order valence-electron chi connectivity index (χ1n) is 5.38. The van der Waals surface area contributed by atoms with E-state index in [0.29, 0.717) is 5.02 Å². The van der Waals surface area contributed by atoms with E-state index in [9.17, 15) is 0 Å². The fraction of sp³-hybridized carbons (Fsp3) is 0.0714. The minimum absolute atomic E-state index is 0.660. The predicted molar refractivity (Wildman–Crippen MR) is 76.0 cm³/mol. The van der Waals surface area contributed by atoms with Gasteiger partial charge in [-0.05, 0) is 37.3 Å². The molecule has 18 heavy (non-hydrogen) atoms. The molecule has 0 bridgehead atoms. The molecular weight excluding hydrogens is 264 g/mol. The number of halogens is 1. The van der Waals surface area contributed by atoms with Gasteiger partial charge in [-0.3, -0.25) is 5.32 Å². The Labute approximate surface area is 116 Å². The predicted octanol–water partition coefficient (Wildman–Crippen LogP) is 4.69. The molecule has 1 N–H and O–H groups in total. The van der Waals surface area contributed by atoms with Gasteiger partial charge in [-0.1, -0.05) is 41.1 Å². The number of rotatable bonds is 3. The fourth-order valence-electron chi connectivity index (χ4n) is 1.48. The molecule has 0 atom stereocenters. The van der Waals surface area contributed by atoms with E-state index in [1.165, 1.54) is 5.56 Å². The zero-order chi connectivity index (χ0) is 13.0. The van der Waals surface area contributed by atoms with Crippen molar-refractivity contribution in [3.63, 3.8) is 0 Å². The number of hydrogen-bond donors (Lipinski definition) is 1. The quantitative estimate of drug-likeness (QED) is 0.651. The van der Waals surface area contributed by atoms with Gasteiger partial charge in [0.15, 0.2) is 6.19 Å². The summed E-state index contributed by atoms with van der Waals surface area (Å²) < 4.78 is 0. The largest absolute Gasteiger partial charge is 0.292 e. The van der Waals surface area contributed by atoms with Gasteiger partial charge in [0.1, 0.15) is 0 Å². The lowest BCUT2D eigenvalue weighted by Crippen LogP contribution is -1.90. The summed E-state index contributed by atoms with van der Waals surface area (Å²) in [5, 5.41) is 12.0. The maximum Gasteiger partial charge on any atom is 0.181 e. The van der Waals surface area contributed by atoms with Crippen molar-refractivity contribution in [2.24, 2.45) is 0 Å². The molecule has 0 fully saturated rings. The van der Waals surface area contributed by atoms with Crippen LogP contribution >= 0.6 is 23.4 Å². The van der Waals surface area contributed by atoms with Gasteiger partial charge < -0.3 is 0 Å². The van der Waals surface area contributed by atoms with Gasteiger partial charge in [-0.25, -0.2) is 0 Å². The van der Waals surface area contributed by atoms with Gasteiger partial charge in [-0.15, -0.1) is 0 Å². The van der Waals surface area contributed by atoms with Crippen molar-refractivity contribution in [3.05, 3.63) is 53.1 Å². The molecule has 4 heteroatoms. The molecule has 90 valence electrons. The SMILES string of the molecule is Cc1ccc(Sc2cc(Cl)ccc2NC#N)cc1. The lowest BCUT2D eigenvalue weighted by molar-refractivity contribution is 1.35. The van der Waals surface area contributed by atoms with Gasteiger partial charge in [0.05, 0.1) is 5.69 Å². The Balaban J connectivity index is 2.30. The average molecular weight is 275 g/mol. The normalized spacial score (nSPS) is 9.83. The highest BCUT2D eigenvalue weighted by Crippen LogP contribution is 2.35. The molecule has 0 radical (unpaired) electrons. The second-order valence-corrected chi connectivity index (χ2v) is 5.34. The maximum atomic E-state index is 8.71. The van der Waals surface area contributed by atoms with Crippen molar-refractivity contribution in [3.8, 4) is 6.19 Å². The van der Waals surface area contributed by atoms with Crippen molar-refractivity contribution in [1.29, 1.82) is 5.26 Å². The molecule has 2 nitrogen and oxygen atoms in total. The summed E-state index contributed by atoms with van der Waals surface area (Å²) in [5.74, 6) is 0. The van der Waals surface area contributed by atoms with Crippen LogP contribution in [-0.2, 0) is 0 Å². The van der Waals surface area contributed by atoms with E-state index < -0.39 is 0 Å². The van der Waals surface area contributed by atoms with Crippen molar-refractivity contribution in [1.82, 2.24) is 0 Å². The molecule has 2 aromatic rings. The Morgan fingerprint density at radius 1 is 1.17 bits per heavy atom. The summed E-state index contributed by atoms with van der Waals surface area (Å²) >= 11 is 7.56. The van der Waals surface area contributed by atoms with Crippen LogP contribution in [0.15, 0.2) is 52.3 Å². The van der Waals surface area contributed by atoms with E-state index in [1.54, 1.807) is 17.8 Å². The minimum atomic E-state index is 0.660. The first kappa shape index (κ1) is 12.8. The smallest absolute Gasteiger partial charge is 0.181 e. The molecular formula is C14H11ClN2S. The van der Waals surface area contributed by atoms with Crippen LogP contribution in [0.1, 0.15) is 5.56 Å². The molecule has 0 aliphatic heterocycles.